The van der Waals surface area contributed by atoms with Gasteiger partial charge in [-0.3, -0.25) is 0 Å². The largest absolute Gasteiger partial charge is 0.416 e. The van der Waals surface area contributed by atoms with E-state index in [2.05, 4.69) is 20.5 Å². The van der Waals surface area contributed by atoms with Crippen LogP contribution in [-0.4, -0.2) is 25.1 Å². The Hall–Kier alpha value is -3.23. The highest BCUT2D eigenvalue weighted by atomic mass is 19.4. The molecule has 1 aliphatic rings. The van der Waals surface area contributed by atoms with Gasteiger partial charge in [0, 0.05) is 11.1 Å². The summed E-state index contributed by atoms with van der Waals surface area (Å²) in [5, 5.41) is 12.4. The zero-order valence-corrected chi connectivity index (χ0v) is 15.2. The molecule has 1 fully saturated rings. The van der Waals surface area contributed by atoms with Crippen molar-refractivity contribution in [1.82, 2.24) is 25.1 Å². The van der Waals surface area contributed by atoms with E-state index in [1.807, 2.05) is 16.8 Å². The molecule has 0 bridgehead atoms. The average molecular weight is 399 g/mol. The van der Waals surface area contributed by atoms with Gasteiger partial charge in [0.1, 0.15) is 5.52 Å². The van der Waals surface area contributed by atoms with E-state index in [-0.39, 0.29) is 17.3 Å². The molecular weight excluding hydrogens is 383 g/mol. The van der Waals surface area contributed by atoms with Crippen molar-refractivity contribution in [2.45, 2.75) is 37.9 Å². The molecule has 5 rings (SSSR count). The number of alkyl halides is 3. The summed E-state index contributed by atoms with van der Waals surface area (Å²) in [5.41, 5.74) is 1.78. The number of halogens is 3. The van der Waals surface area contributed by atoms with Gasteiger partial charge >= 0.3 is 6.18 Å². The Labute approximate surface area is 163 Å². The van der Waals surface area contributed by atoms with Crippen LogP contribution in [0.3, 0.4) is 0 Å². The van der Waals surface area contributed by atoms with Gasteiger partial charge in [0.2, 0.25) is 5.82 Å². The summed E-state index contributed by atoms with van der Waals surface area (Å²) in [6.07, 6.45) is 0.169. The first-order chi connectivity index (χ1) is 14.0. The standard InChI is InChI=1S/C20H16F3N5O/c21-20(22,23)14-5-3-4-12(10-14)18-24-19(29-26-18)13-8-9-17-16(11-13)25-27-28(17)15-6-1-2-7-15/h3-5,8-11,15H,1-2,6-7H2. The van der Waals surface area contributed by atoms with Crippen LogP contribution in [0.15, 0.2) is 47.0 Å². The Bertz CT molecular complexity index is 1170. The van der Waals surface area contributed by atoms with Crippen molar-refractivity contribution < 1.29 is 17.7 Å². The normalized spacial score (nSPS) is 15.4. The summed E-state index contributed by atoms with van der Waals surface area (Å²) < 4.78 is 46.1. The number of hydrogen-bond acceptors (Lipinski definition) is 5. The molecule has 4 aromatic rings. The molecule has 0 amide bonds. The molecule has 0 unspecified atom stereocenters. The van der Waals surface area contributed by atoms with E-state index in [9.17, 15) is 13.2 Å². The maximum Gasteiger partial charge on any atom is 0.416 e. The van der Waals surface area contributed by atoms with Crippen molar-refractivity contribution in [2.75, 3.05) is 0 Å². The lowest BCUT2D eigenvalue weighted by atomic mass is 10.1. The molecule has 0 saturated heterocycles. The minimum atomic E-state index is -4.43. The Morgan fingerprint density at radius 3 is 2.62 bits per heavy atom. The fourth-order valence-electron chi connectivity index (χ4n) is 3.79. The van der Waals surface area contributed by atoms with Gasteiger partial charge in [-0.15, -0.1) is 5.10 Å². The fraction of sp³-hybridized carbons (Fsp3) is 0.300. The van der Waals surface area contributed by atoms with E-state index in [1.165, 1.54) is 25.0 Å². The fourth-order valence-corrected chi connectivity index (χ4v) is 3.79. The Kier molecular flexibility index (Phi) is 4.11. The predicted molar refractivity (Wildman–Crippen MR) is 98.8 cm³/mol. The lowest BCUT2D eigenvalue weighted by molar-refractivity contribution is -0.137. The van der Waals surface area contributed by atoms with Gasteiger partial charge in [-0.1, -0.05) is 35.3 Å². The maximum absolute atomic E-state index is 12.9. The second-order valence-electron chi connectivity index (χ2n) is 7.18. The first-order valence-electron chi connectivity index (χ1n) is 9.36. The predicted octanol–water partition coefficient (Wildman–Crippen LogP) is 5.28. The molecule has 0 atom stereocenters. The first kappa shape index (κ1) is 17.8. The number of rotatable bonds is 3. The number of hydrogen-bond donors (Lipinski definition) is 0. The van der Waals surface area contributed by atoms with E-state index in [0.717, 1.165) is 30.5 Å². The summed E-state index contributed by atoms with van der Waals surface area (Å²) in [5.74, 6) is 0.315. The van der Waals surface area contributed by atoms with Crippen molar-refractivity contribution >= 4 is 11.0 Å². The molecule has 2 heterocycles. The van der Waals surface area contributed by atoms with Crippen LogP contribution in [0.5, 0.6) is 0 Å². The monoisotopic (exact) mass is 399 g/mol. The molecular formula is C20H16F3N5O. The molecule has 1 saturated carbocycles. The lowest BCUT2D eigenvalue weighted by Crippen LogP contribution is -2.06. The summed E-state index contributed by atoms with van der Waals surface area (Å²) in [7, 11) is 0. The minimum absolute atomic E-state index is 0.0980. The Morgan fingerprint density at radius 2 is 1.83 bits per heavy atom. The molecule has 0 spiro atoms. The van der Waals surface area contributed by atoms with Crippen LogP contribution in [0.1, 0.15) is 37.3 Å². The van der Waals surface area contributed by atoms with E-state index in [0.29, 0.717) is 17.1 Å². The third kappa shape index (κ3) is 3.26. The second kappa shape index (κ2) is 6.68. The number of nitrogens with zero attached hydrogens (tertiary/aromatic N) is 5. The highest BCUT2D eigenvalue weighted by Crippen LogP contribution is 2.33. The smallest absolute Gasteiger partial charge is 0.334 e. The third-order valence-corrected chi connectivity index (χ3v) is 5.26. The van der Waals surface area contributed by atoms with Crippen LogP contribution in [0.4, 0.5) is 13.2 Å². The van der Waals surface area contributed by atoms with Gasteiger partial charge in [-0.25, -0.2) is 4.68 Å². The van der Waals surface area contributed by atoms with Crippen molar-refractivity contribution in [2.24, 2.45) is 0 Å². The Balaban J connectivity index is 1.47. The third-order valence-electron chi connectivity index (χ3n) is 5.26. The van der Waals surface area contributed by atoms with Gasteiger partial charge in [0.05, 0.1) is 17.1 Å². The molecule has 2 aromatic heterocycles. The topological polar surface area (TPSA) is 69.6 Å². The van der Waals surface area contributed by atoms with Crippen LogP contribution >= 0.6 is 0 Å². The summed E-state index contributed by atoms with van der Waals surface area (Å²) in [6.45, 7) is 0. The van der Waals surface area contributed by atoms with E-state index >= 15 is 0 Å². The van der Waals surface area contributed by atoms with Crippen molar-refractivity contribution in [3.8, 4) is 22.8 Å². The maximum atomic E-state index is 12.9. The van der Waals surface area contributed by atoms with Gasteiger partial charge < -0.3 is 4.52 Å². The average Bonchev–Trinajstić information content (AvgIpc) is 3.46. The van der Waals surface area contributed by atoms with Gasteiger partial charge in [0.25, 0.3) is 5.89 Å². The second-order valence-corrected chi connectivity index (χ2v) is 7.18. The number of aromatic nitrogens is 5. The van der Waals surface area contributed by atoms with Crippen LogP contribution in [0.25, 0.3) is 33.9 Å². The molecule has 2 aromatic carbocycles. The van der Waals surface area contributed by atoms with Gasteiger partial charge in [0.15, 0.2) is 0 Å². The van der Waals surface area contributed by atoms with Crippen LogP contribution < -0.4 is 0 Å². The lowest BCUT2D eigenvalue weighted by Gasteiger charge is -2.09. The highest BCUT2D eigenvalue weighted by molar-refractivity contribution is 5.80. The summed E-state index contributed by atoms with van der Waals surface area (Å²) >= 11 is 0. The van der Waals surface area contributed by atoms with Gasteiger partial charge in [-0.2, -0.15) is 18.2 Å². The van der Waals surface area contributed by atoms with Crippen molar-refractivity contribution in [3.05, 3.63) is 48.0 Å². The molecule has 0 radical (unpaired) electrons. The molecule has 0 N–H and O–H groups in total. The zero-order valence-electron chi connectivity index (χ0n) is 15.2. The van der Waals surface area contributed by atoms with Gasteiger partial charge in [-0.05, 0) is 43.2 Å². The molecule has 29 heavy (non-hydrogen) atoms. The zero-order chi connectivity index (χ0) is 20.0. The molecule has 148 valence electrons. The summed E-state index contributed by atoms with van der Waals surface area (Å²) in [6, 6.07) is 10.8. The van der Waals surface area contributed by atoms with Crippen molar-refractivity contribution in [3.63, 3.8) is 0 Å². The molecule has 1 aliphatic carbocycles. The molecule has 0 aliphatic heterocycles. The highest BCUT2D eigenvalue weighted by Gasteiger charge is 2.31. The molecule has 6 nitrogen and oxygen atoms in total. The minimum Gasteiger partial charge on any atom is -0.334 e. The van der Waals surface area contributed by atoms with Crippen LogP contribution in [0.2, 0.25) is 0 Å². The molecule has 9 heteroatoms. The van der Waals surface area contributed by atoms with Crippen molar-refractivity contribution in [1.29, 1.82) is 0 Å². The first-order valence-corrected chi connectivity index (χ1v) is 9.36. The number of fused-ring (bicyclic) bond motifs is 1. The Morgan fingerprint density at radius 1 is 1.00 bits per heavy atom. The summed E-state index contributed by atoms with van der Waals surface area (Å²) in [4.78, 5) is 4.26. The van der Waals surface area contributed by atoms with E-state index < -0.39 is 11.7 Å². The van der Waals surface area contributed by atoms with E-state index in [1.54, 1.807) is 6.07 Å². The van der Waals surface area contributed by atoms with Crippen LogP contribution in [-0.2, 0) is 6.18 Å². The van der Waals surface area contributed by atoms with E-state index in [4.69, 9.17) is 4.52 Å². The number of benzene rings is 2. The van der Waals surface area contributed by atoms with Crippen LogP contribution in [0, 0.1) is 0 Å². The quantitative estimate of drug-likeness (QED) is 0.469. The SMILES string of the molecule is FC(F)(F)c1cccc(-c2noc(-c3ccc4c(c3)nnn4C3CCCC3)n2)c1.